The number of piperidine rings is 1. The zero-order valence-electron chi connectivity index (χ0n) is 10.1. The molecule has 0 radical (unpaired) electrons. The summed E-state index contributed by atoms with van der Waals surface area (Å²) >= 11 is 3.38. The van der Waals surface area contributed by atoms with E-state index in [2.05, 4.69) is 25.8 Å². The standard InChI is InChI=1S/C13H17BrN2O2/c14-9-3-8(7-17)13(15-6-9)16-10-1-2-11(16)5-12(18)4-10/h3,6,10-12,17-18H,1-2,4-5,7H2. The number of aromatic nitrogens is 1. The molecule has 98 valence electrons. The first-order valence-electron chi connectivity index (χ1n) is 6.40. The number of halogens is 1. The maximum atomic E-state index is 9.82. The zero-order valence-corrected chi connectivity index (χ0v) is 11.7. The highest BCUT2D eigenvalue weighted by Crippen LogP contribution is 2.40. The van der Waals surface area contributed by atoms with Gasteiger partial charge in [0.1, 0.15) is 5.82 Å². The molecule has 0 aromatic carbocycles. The molecule has 2 aliphatic heterocycles. The van der Waals surface area contributed by atoms with Crippen LogP contribution in [-0.4, -0.2) is 33.4 Å². The lowest BCUT2D eigenvalue weighted by Crippen LogP contribution is -2.45. The molecule has 1 aromatic heterocycles. The Hall–Kier alpha value is -0.650. The molecule has 2 aliphatic rings. The number of anilines is 1. The summed E-state index contributed by atoms with van der Waals surface area (Å²) in [6.45, 7) is 0.000265. The Morgan fingerprint density at radius 2 is 2.00 bits per heavy atom. The van der Waals surface area contributed by atoms with Crippen LogP contribution in [0.3, 0.4) is 0 Å². The molecule has 2 atom stereocenters. The van der Waals surface area contributed by atoms with Gasteiger partial charge in [-0.2, -0.15) is 0 Å². The van der Waals surface area contributed by atoms with Crippen molar-refractivity contribution in [3.8, 4) is 0 Å². The van der Waals surface area contributed by atoms with E-state index in [1.165, 1.54) is 0 Å². The maximum absolute atomic E-state index is 9.82. The molecule has 0 saturated carbocycles. The minimum atomic E-state index is -0.174. The molecule has 2 saturated heterocycles. The second kappa shape index (κ2) is 4.79. The van der Waals surface area contributed by atoms with E-state index in [9.17, 15) is 10.2 Å². The van der Waals surface area contributed by atoms with E-state index in [0.717, 1.165) is 41.5 Å². The maximum Gasteiger partial charge on any atom is 0.134 e. The fourth-order valence-electron chi connectivity index (χ4n) is 3.32. The van der Waals surface area contributed by atoms with Crippen molar-refractivity contribution < 1.29 is 10.2 Å². The molecule has 2 unspecified atom stereocenters. The third kappa shape index (κ3) is 2.04. The summed E-state index contributed by atoms with van der Waals surface area (Å²) in [4.78, 5) is 6.79. The van der Waals surface area contributed by atoms with E-state index in [4.69, 9.17) is 0 Å². The van der Waals surface area contributed by atoms with Gasteiger partial charge in [-0.25, -0.2) is 4.98 Å². The fraction of sp³-hybridized carbons (Fsp3) is 0.615. The predicted octanol–water partition coefficient (Wildman–Crippen LogP) is 1.83. The summed E-state index contributed by atoms with van der Waals surface area (Å²) < 4.78 is 0.889. The highest BCUT2D eigenvalue weighted by Gasteiger charge is 2.41. The summed E-state index contributed by atoms with van der Waals surface area (Å²) in [5, 5.41) is 19.3. The SMILES string of the molecule is OCc1cc(Br)cnc1N1C2CCC1CC(O)C2. The Kier molecular flexibility index (Phi) is 3.30. The summed E-state index contributed by atoms with van der Waals surface area (Å²) in [5.41, 5.74) is 0.859. The van der Waals surface area contributed by atoms with Gasteiger partial charge in [0.2, 0.25) is 0 Å². The topological polar surface area (TPSA) is 56.6 Å². The minimum absolute atomic E-state index is 0.000265. The third-order valence-corrected chi connectivity index (χ3v) is 4.47. The van der Waals surface area contributed by atoms with Gasteiger partial charge in [0.25, 0.3) is 0 Å². The van der Waals surface area contributed by atoms with Gasteiger partial charge in [-0.3, -0.25) is 0 Å². The fourth-order valence-corrected chi connectivity index (χ4v) is 3.70. The van der Waals surface area contributed by atoms with Crippen LogP contribution in [0, 0.1) is 0 Å². The highest BCUT2D eigenvalue weighted by molar-refractivity contribution is 9.10. The van der Waals surface area contributed by atoms with Crippen molar-refractivity contribution in [1.82, 2.24) is 4.98 Å². The van der Waals surface area contributed by atoms with Gasteiger partial charge in [-0.1, -0.05) is 0 Å². The largest absolute Gasteiger partial charge is 0.393 e. The monoisotopic (exact) mass is 312 g/mol. The minimum Gasteiger partial charge on any atom is -0.393 e. The molecule has 4 nitrogen and oxygen atoms in total. The van der Waals surface area contributed by atoms with Crippen molar-refractivity contribution in [1.29, 1.82) is 0 Å². The number of aliphatic hydroxyl groups is 2. The number of hydrogen-bond donors (Lipinski definition) is 2. The Morgan fingerprint density at radius 3 is 2.61 bits per heavy atom. The smallest absolute Gasteiger partial charge is 0.134 e. The lowest BCUT2D eigenvalue weighted by molar-refractivity contribution is 0.126. The molecule has 18 heavy (non-hydrogen) atoms. The molecule has 0 aliphatic carbocycles. The molecule has 2 N–H and O–H groups in total. The zero-order chi connectivity index (χ0) is 12.7. The van der Waals surface area contributed by atoms with Crippen LogP contribution in [0.2, 0.25) is 0 Å². The van der Waals surface area contributed by atoms with E-state index in [-0.39, 0.29) is 12.7 Å². The third-order valence-electron chi connectivity index (χ3n) is 4.03. The second-order valence-electron chi connectivity index (χ2n) is 5.21. The van der Waals surface area contributed by atoms with Crippen LogP contribution in [0.15, 0.2) is 16.7 Å². The van der Waals surface area contributed by atoms with Crippen molar-refractivity contribution in [2.24, 2.45) is 0 Å². The van der Waals surface area contributed by atoms with E-state index in [1.54, 1.807) is 6.20 Å². The van der Waals surface area contributed by atoms with Crippen LogP contribution in [0.1, 0.15) is 31.2 Å². The van der Waals surface area contributed by atoms with Crippen molar-refractivity contribution in [2.45, 2.75) is 50.5 Å². The van der Waals surface area contributed by atoms with Crippen LogP contribution in [-0.2, 0) is 6.61 Å². The number of fused-ring (bicyclic) bond motifs is 2. The van der Waals surface area contributed by atoms with Crippen molar-refractivity contribution in [3.05, 3.63) is 22.3 Å². The molecule has 3 heterocycles. The van der Waals surface area contributed by atoms with E-state index in [0.29, 0.717) is 12.1 Å². The summed E-state index contributed by atoms with van der Waals surface area (Å²) in [6, 6.07) is 2.67. The van der Waals surface area contributed by atoms with Crippen LogP contribution in [0.25, 0.3) is 0 Å². The van der Waals surface area contributed by atoms with Crippen LogP contribution in [0.4, 0.5) is 5.82 Å². The molecule has 2 fully saturated rings. The number of nitrogens with zero attached hydrogens (tertiary/aromatic N) is 2. The Morgan fingerprint density at radius 1 is 1.33 bits per heavy atom. The van der Waals surface area contributed by atoms with Crippen LogP contribution < -0.4 is 4.90 Å². The van der Waals surface area contributed by atoms with E-state index >= 15 is 0 Å². The van der Waals surface area contributed by atoms with Gasteiger partial charge in [0, 0.05) is 28.3 Å². The van der Waals surface area contributed by atoms with Gasteiger partial charge in [0.15, 0.2) is 0 Å². The second-order valence-corrected chi connectivity index (χ2v) is 6.13. The summed E-state index contributed by atoms with van der Waals surface area (Å²) in [5.74, 6) is 0.889. The van der Waals surface area contributed by atoms with Gasteiger partial charge < -0.3 is 15.1 Å². The number of hydrogen-bond acceptors (Lipinski definition) is 4. The van der Waals surface area contributed by atoms with Crippen LogP contribution in [0.5, 0.6) is 0 Å². The molecule has 0 spiro atoms. The number of aliphatic hydroxyl groups excluding tert-OH is 2. The average molecular weight is 313 g/mol. The number of rotatable bonds is 2. The van der Waals surface area contributed by atoms with Gasteiger partial charge in [-0.15, -0.1) is 0 Å². The number of pyridine rings is 1. The first-order valence-corrected chi connectivity index (χ1v) is 7.20. The van der Waals surface area contributed by atoms with Gasteiger partial charge >= 0.3 is 0 Å². The molecule has 5 heteroatoms. The van der Waals surface area contributed by atoms with E-state index < -0.39 is 0 Å². The lowest BCUT2D eigenvalue weighted by Gasteiger charge is -2.38. The van der Waals surface area contributed by atoms with Gasteiger partial charge in [0.05, 0.1) is 12.7 Å². The molecule has 2 bridgehead atoms. The van der Waals surface area contributed by atoms with Crippen molar-refractivity contribution in [2.75, 3.05) is 4.90 Å². The highest BCUT2D eigenvalue weighted by atomic mass is 79.9. The molecule has 3 rings (SSSR count). The summed E-state index contributed by atoms with van der Waals surface area (Å²) in [6.07, 6.45) is 5.47. The Balaban J connectivity index is 1.96. The Bertz CT molecular complexity index is 441. The van der Waals surface area contributed by atoms with Crippen molar-refractivity contribution >= 4 is 21.7 Å². The lowest BCUT2D eigenvalue weighted by atomic mass is 9.99. The van der Waals surface area contributed by atoms with E-state index in [1.807, 2.05) is 6.07 Å². The molecule has 0 amide bonds. The van der Waals surface area contributed by atoms with Crippen LogP contribution >= 0.6 is 15.9 Å². The first-order chi connectivity index (χ1) is 8.69. The molecular formula is C13H17BrN2O2. The predicted molar refractivity (Wildman–Crippen MR) is 72.4 cm³/mol. The Labute approximate surface area is 115 Å². The average Bonchev–Trinajstić information content (AvgIpc) is 2.62. The molecular weight excluding hydrogens is 296 g/mol. The normalized spacial score (nSPS) is 30.8. The summed E-state index contributed by atoms with van der Waals surface area (Å²) in [7, 11) is 0. The van der Waals surface area contributed by atoms with Crippen molar-refractivity contribution in [3.63, 3.8) is 0 Å². The quantitative estimate of drug-likeness (QED) is 0.875. The first kappa shape index (κ1) is 12.4. The molecule has 1 aromatic rings. The van der Waals surface area contributed by atoms with Gasteiger partial charge in [-0.05, 0) is 47.7 Å².